The van der Waals surface area contributed by atoms with E-state index in [1.54, 1.807) is 30.3 Å². The first-order chi connectivity index (χ1) is 13.9. The molecular formula is C22H25F2N3O2. The molecule has 0 spiro atoms. The van der Waals surface area contributed by atoms with Crippen LogP contribution in [0, 0.1) is 11.6 Å². The average Bonchev–Trinajstić information content (AvgIpc) is 2.72. The molecule has 7 heteroatoms. The lowest BCUT2D eigenvalue weighted by atomic mass is 10.1. The molecule has 0 radical (unpaired) electrons. The summed E-state index contributed by atoms with van der Waals surface area (Å²) in [4.78, 5) is 27.8. The van der Waals surface area contributed by atoms with Crippen molar-refractivity contribution in [2.24, 2.45) is 0 Å². The number of piperazine rings is 1. The Morgan fingerprint density at radius 2 is 1.72 bits per heavy atom. The van der Waals surface area contributed by atoms with Crippen molar-refractivity contribution in [3.8, 4) is 0 Å². The lowest BCUT2D eigenvalue weighted by Gasteiger charge is -2.38. The quantitative estimate of drug-likeness (QED) is 0.756. The Kier molecular flexibility index (Phi) is 6.59. The summed E-state index contributed by atoms with van der Waals surface area (Å²) in [6.45, 7) is 5.71. The van der Waals surface area contributed by atoms with E-state index in [4.69, 9.17) is 0 Å². The van der Waals surface area contributed by atoms with Crippen molar-refractivity contribution in [1.82, 2.24) is 10.2 Å². The largest absolute Gasteiger partial charge is 0.367 e. The van der Waals surface area contributed by atoms with E-state index < -0.39 is 5.82 Å². The maximum Gasteiger partial charge on any atom is 0.237 e. The fraction of sp³-hybridized carbons (Fsp3) is 0.364. The molecule has 29 heavy (non-hydrogen) atoms. The number of nitrogens with zero attached hydrogens (tertiary/aromatic N) is 2. The van der Waals surface area contributed by atoms with Crippen LogP contribution < -0.4 is 10.2 Å². The van der Waals surface area contributed by atoms with Gasteiger partial charge in [-0.1, -0.05) is 18.2 Å². The van der Waals surface area contributed by atoms with E-state index in [0.29, 0.717) is 43.0 Å². The Bertz CT molecular complexity index is 895. The molecule has 0 aliphatic carbocycles. The third kappa shape index (κ3) is 4.98. The monoisotopic (exact) mass is 401 g/mol. The van der Waals surface area contributed by atoms with E-state index in [1.165, 1.54) is 19.1 Å². The molecule has 1 N–H and O–H groups in total. The highest BCUT2D eigenvalue weighted by Gasteiger charge is 2.26. The molecule has 1 atom stereocenters. The van der Waals surface area contributed by atoms with Crippen LogP contribution in [0.4, 0.5) is 14.5 Å². The van der Waals surface area contributed by atoms with Crippen molar-refractivity contribution in [1.29, 1.82) is 0 Å². The molecule has 3 rings (SSSR count). The first-order valence-corrected chi connectivity index (χ1v) is 9.67. The molecule has 1 amide bonds. The highest BCUT2D eigenvalue weighted by molar-refractivity contribution is 5.94. The molecule has 1 heterocycles. The molecule has 0 saturated carbocycles. The maximum atomic E-state index is 14.4. The van der Waals surface area contributed by atoms with E-state index in [0.717, 1.165) is 0 Å². The zero-order chi connectivity index (χ0) is 21.0. The van der Waals surface area contributed by atoms with Crippen molar-refractivity contribution in [2.45, 2.75) is 26.4 Å². The van der Waals surface area contributed by atoms with Crippen LogP contribution in [-0.4, -0.2) is 48.8 Å². The van der Waals surface area contributed by atoms with Gasteiger partial charge in [-0.3, -0.25) is 14.5 Å². The van der Waals surface area contributed by atoms with Gasteiger partial charge < -0.3 is 10.2 Å². The highest BCUT2D eigenvalue weighted by atomic mass is 19.1. The standard InChI is InChI=1S/C22H25F2N3O2/c1-15(22(29)25-14-18-5-3-4-6-19(18)23)26-9-11-27(12-10-26)21-8-7-17(16(2)28)13-20(21)24/h3-8,13,15H,9-12,14H2,1-2H3,(H,25,29). The number of amides is 1. The minimum Gasteiger partial charge on any atom is -0.367 e. The third-order valence-corrected chi connectivity index (χ3v) is 5.35. The number of Topliss-reactive ketones (excluding diaryl/α,β-unsaturated/α-hetero) is 1. The molecule has 5 nitrogen and oxygen atoms in total. The normalized spacial score (nSPS) is 15.8. The molecule has 0 aromatic heterocycles. The van der Waals surface area contributed by atoms with E-state index in [-0.39, 0.29) is 30.1 Å². The summed E-state index contributed by atoms with van der Waals surface area (Å²) in [6, 6.07) is 10.5. The number of halogens is 2. The Labute approximate surface area is 169 Å². The SMILES string of the molecule is CC(=O)c1ccc(N2CCN(C(C)C(=O)NCc3ccccc3F)CC2)c(F)c1. The van der Waals surface area contributed by atoms with E-state index >= 15 is 0 Å². The molecule has 1 fully saturated rings. The second kappa shape index (κ2) is 9.13. The number of nitrogens with one attached hydrogen (secondary N) is 1. The predicted molar refractivity (Wildman–Crippen MR) is 108 cm³/mol. The number of benzene rings is 2. The number of hydrogen-bond acceptors (Lipinski definition) is 4. The van der Waals surface area contributed by atoms with Crippen LogP contribution in [0.5, 0.6) is 0 Å². The molecule has 2 aromatic rings. The summed E-state index contributed by atoms with van der Waals surface area (Å²) in [7, 11) is 0. The molecule has 2 aromatic carbocycles. The number of hydrogen-bond donors (Lipinski definition) is 1. The zero-order valence-electron chi connectivity index (χ0n) is 16.6. The van der Waals surface area contributed by atoms with Crippen LogP contribution in [0.15, 0.2) is 42.5 Å². The fourth-order valence-corrected chi connectivity index (χ4v) is 3.47. The molecule has 1 saturated heterocycles. The summed E-state index contributed by atoms with van der Waals surface area (Å²) >= 11 is 0. The van der Waals surface area contributed by atoms with E-state index in [2.05, 4.69) is 5.32 Å². The Morgan fingerprint density at radius 1 is 1.03 bits per heavy atom. The Morgan fingerprint density at radius 3 is 2.34 bits per heavy atom. The van der Waals surface area contributed by atoms with Gasteiger partial charge in [0.1, 0.15) is 11.6 Å². The van der Waals surface area contributed by atoms with Gasteiger partial charge >= 0.3 is 0 Å². The van der Waals surface area contributed by atoms with Gasteiger partial charge in [0.25, 0.3) is 0 Å². The topological polar surface area (TPSA) is 52.7 Å². The van der Waals surface area contributed by atoms with Crippen LogP contribution in [-0.2, 0) is 11.3 Å². The smallest absolute Gasteiger partial charge is 0.237 e. The first-order valence-electron chi connectivity index (χ1n) is 9.67. The van der Waals surface area contributed by atoms with Crippen molar-refractivity contribution in [3.63, 3.8) is 0 Å². The molecule has 0 bridgehead atoms. The Hall–Kier alpha value is -2.80. The summed E-state index contributed by atoms with van der Waals surface area (Å²) in [6.07, 6.45) is 0. The fourth-order valence-electron chi connectivity index (χ4n) is 3.47. The number of carbonyl (C=O) groups excluding carboxylic acids is 2. The van der Waals surface area contributed by atoms with Gasteiger partial charge in [-0.15, -0.1) is 0 Å². The molecule has 1 aliphatic rings. The van der Waals surface area contributed by atoms with E-state index in [1.807, 2.05) is 16.7 Å². The van der Waals surface area contributed by atoms with Crippen molar-refractivity contribution >= 4 is 17.4 Å². The van der Waals surface area contributed by atoms with E-state index in [9.17, 15) is 18.4 Å². The lowest BCUT2D eigenvalue weighted by Crippen LogP contribution is -2.54. The van der Waals surface area contributed by atoms with Gasteiger partial charge in [0.2, 0.25) is 5.91 Å². The number of carbonyl (C=O) groups is 2. The van der Waals surface area contributed by atoms with Crippen LogP contribution in [0.1, 0.15) is 29.8 Å². The van der Waals surface area contributed by atoms with Crippen molar-refractivity contribution in [2.75, 3.05) is 31.1 Å². The summed E-state index contributed by atoms with van der Waals surface area (Å²) in [5, 5.41) is 2.78. The maximum absolute atomic E-state index is 14.4. The van der Waals surface area contributed by atoms with Gasteiger partial charge in [-0.05, 0) is 38.1 Å². The molecular weight excluding hydrogens is 376 g/mol. The van der Waals surface area contributed by atoms with Crippen LogP contribution in [0.3, 0.4) is 0 Å². The van der Waals surface area contributed by atoms with Crippen LogP contribution in [0.25, 0.3) is 0 Å². The van der Waals surface area contributed by atoms with Gasteiger partial charge in [0.05, 0.1) is 11.7 Å². The molecule has 154 valence electrons. The second-order valence-corrected chi connectivity index (χ2v) is 7.23. The number of ketones is 1. The zero-order valence-corrected chi connectivity index (χ0v) is 16.6. The molecule has 1 aliphatic heterocycles. The average molecular weight is 401 g/mol. The Balaban J connectivity index is 1.54. The summed E-state index contributed by atoms with van der Waals surface area (Å²) < 4.78 is 28.1. The number of rotatable bonds is 6. The first kappa shape index (κ1) is 20.9. The van der Waals surface area contributed by atoms with Gasteiger partial charge in [0, 0.05) is 43.9 Å². The lowest BCUT2D eigenvalue weighted by molar-refractivity contribution is -0.126. The van der Waals surface area contributed by atoms with Crippen molar-refractivity contribution in [3.05, 3.63) is 65.2 Å². The second-order valence-electron chi connectivity index (χ2n) is 7.23. The van der Waals surface area contributed by atoms with Gasteiger partial charge in [-0.2, -0.15) is 0 Å². The third-order valence-electron chi connectivity index (χ3n) is 5.35. The minimum absolute atomic E-state index is 0.142. The van der Waals surface area contributed by atoms with Crippen LogP contribution in [0.2, 0.25) is 0 Å². The highest BCUT2D eigenvalue weighted by Crippen LogP contribution is 2.23. The number of anilines is 1. The van der Waals surface area contributed by atoms with Gasteiger partial charge in [0.15, 0.2) is 5.78 Å². The van der Waals surface area contributed by atoms with Crippen molar-refractivity contribution < 1.29 is 18.4 Å². The van der Waals surface area contributed by atoms with Gasteiger partial charge in [-0.25, -0.2) is 8.78 Å². The van der Waals surface area contributed by atoms with Crippen LogP contribution >= 0.6 is 0 Å². The summed E-state index contributed by atoms with van der Waals surface area (Å²) in [5.41, 5.74) is 1.26. The minimum atomic E-state index is -0.415. The molecule has 1 unspecified atom stereocenters. The predicted octanol–water partition coefficient (Wildman–Crippen LogP) is 2.99. The summed E-state index contributed by atoms with van der Waals surface area (Å²) in [5.74, 6) is -1.09.